The fourth-order valence-corrected chi connectivity index (χ4v) is 1.56. The molecule has 0 aliphatic heterocycles. The molecule has 0 bridgehead atoms. The summed E-state index contributed by atoms with van der Waals surface area (Å²) in [5.41, 5.74) is 2.15. The van der Waals surface area contributed by atoms with Gasteiger partial charge in [-0.1, -0.05) is 42.5 Å². The standard InChI is InChI=1S/C15H14O2.Na.H2O3S/c16-11-10-13-6-8-15(9-7-13)17-12-14-4-2-1-3-5-14;;1-4(2)3/h1-9,11H,10,12H2;;(H2,1,2,3)/q;+1;/p-1. The Hall–Kier alpha value is -1.02. The molecule has 2 aromatic carbocycles. The summed E-state index contributed by atoms with van der Waals surface area (Å²) in [6.07, 6.45) is 1.36. The molecule has 0 aromatic heterocycles. The van der Waals surface area contributed by atoms with E-state index in [0.29, 0.717) is 13.0 Å². The molecule has 5 nitrogen and oxygen atoms in total. The van der Waals surface area contributed by atoms with Crippen LogP contribution in [-0.2, 0) is 29.2 Å². The summed E-state index contributed by atoms with van der Waals surface area (Å²) in [5, 5.41) is 0. The summed E-state index contributed by atoms with van der Waals surface area (Å²) in [5.74, 6) is 0.823. The van der Waals surface area contributed by atoms with Gasteiger partial charge in [0.25, 0.3) is 0 Å². The van der Waals surface area contributed by atoms with Crippen molar-refractivity contribution in [3.8, 4) is 5.75 Å². The fourth-order valence-electron chi connectivity index (χ4n) is 1.56. The van der Waals surface area contributed by atoms with E-state index in [2.05, 4.69) is 0 Å². The van der Waals surface area contributed by atoms with E-state index in [0.717, 1.165) is 23.2 Å². The van der Waals surface area contributed by atoms with Gasteiger partial charge >= 0.3 is 29.6 Å². The molecule has 0 heterocycles. The summed E-state index contributed by atoms with van der Waals surface area (Å²) >= 11 is -2.86. The summed E-state index contributed by atoms with van der Waals surface area (Å²) in [7, 11) is 0. The smallest absolute Gasteiger partial charge is 0.750 e. The van der Waals surface area contributed by atoms with Crippen molar-refractivity contribution < 1.29 is 52.4 Å². The third-order valence-corrected chi connectivity index (χ3v) is 2.49. The van der Waals surface area contributed by atoms with E-state index in [1.54, 1.807) is 0 Å². The third kappa shape index (κ3) is 9.83. The summed E-state index contributed by atoms with van der Waals surface area (Å²) in [6.45, 7) is 0.563. The van der Waals surface area contributed by atoms with Crippen LogP contribution >= 0.6 is 0 Å². The molecule has 0 spiro atoms. The molecule has 7 heteroatoms. The molecule has 112 valence electrons. The van der Waals surface area contributed by atoms with Gasteiger partial charge in [-0.15, -0.1) is 0 Å². The Morgan fingerprint density at radius 3 is 2.09 bits per heavy atom. The van der Waals surface area contributed by atoms with Crippen LogP contribution in [0.1, 0.15) is 11.1 Å². The second-order valence-corrected chi connectivity index (χ2v) is 4.44. The molecule has 2 rings (SSSR count). The normalized spacial score (nSPS) is 10.5. The van der Waals surface area contributed by atoms with Gasteiger partial charge in [0.1, 0.15) is 18.6 Å². The molecule has 0 aliphatic carbocycles. The van der Waals surface area contributed by atoms with Crippen molar-refractivity contribution >= 4 is 17.6 Å². The first kappa shape index (κ1) is 21.0. The van der Waals surface area contributed by atoms with E-state index in [-0.39, 0.29) is 29.6 Å². The van der Waals surface area contributed by atoms with Gasteiger partial charge in [0, 0.05) is 6.42 Å². The van der Waals surface area contributed by atoms with Gasteiger partial charge in [-0.2, -0.15) is 0 Å². The van der Waals surface area contributed by atoms with Crippen molar-refractivity contribution in [3.05, 3.63) is 65.7 Å². The van der Waals surface area contributed by atoms with E-state index in [1.807, 2.05) is 54.6 Å². The molecule has 1 N–H and O–H groups in total. The molecule has 0 radical (unpaired) electrons. The average Bonchev–Trinajstić information content (AvgIpc) is 2.47. The molecule has 0 amide bonds. The second-order valence-electron chi connectivity index (χ2n) is 4.01. The molecular formula is C15H15NaO5S. The summed E-state index contributed by atoms with van der Waals surface area (Å²) in [6, 6.07) is 17.6. The Labute approximate surface area is 154 Å². The van der Waals surface area contributed by atoms with Gasteiger partial charge in [0.2, 0.25) is 0 Å². The molecule has 0 fully saturated rings. The molecule has 2 aromatic rings. The van der Waals surface area contributed by atoms with Crippen molar-refractivity contribution in [1.82, 2.24) is 0 Å². The van der Waals surface area contributed by atoms with Crippen molar-refractivity contribution in [2.75, 3.05) is 0 Å². The zero-order valence-electron chi connectivity index (χ0n) is 12.2. The maximum atomic E-state index is 10.3. The number of ether oxygens (including phenoxy) is 1. The Morgan fingerprint density at radius 2 is 1.59 bits per heavy atom. The van der Waals surface area contributed by atoms with Crippen LogP contribution in [0.3, 0.4) is 0 Å². The van der Waals surface area contributed by atoms with Crippen molar-refractivity contribution in [2.45, 2.75) is 13.0 Å². The van der Waals surface area contributed by atoms with Crippen LogP contribution in [0, 0.1) is 0 Å². The molecule has 0 aliphatic rings. The minimum absolute atomic E-state index is 0. The van der Waals surface area contributed by atoms with Gasteiger partial charge in [-0.3, -0.25) is 0 Å². The molecule has 1 atom stereocenters. The largest absolute Gasteiger partial charge is 1.00 e. The molecule has 0 saturated heterocycles. The zero-order valence-corrected chi connectivity index (χ0v) is 15.0. The Morgan fingerprint density at radius 1 is 1.05 bits per heavy atom. The number of carbonyl (C=O) groups excluding carboxylic acids is 1. The number of hydrogen-bond acceptors (Lipinski definition) is 4. The molecular weight excluding hydrogens is 315 g/mol. The second kappa shape index (κ2) is 12.5. The third-order valence-electron chi connectivity index (χ3n) is 2.49. The number of hydrogen-bond donors (Lipinski definition) is 1. The van der Waals surface area contributed by atoms with Crippen LogP contribution in [-0.4, -0.2) is 19.6 Å². The van der Waals surface area contributed by atoms with Crippen LogP contribution in [0.2, 0.25) is 0 Å². The van der Waals surface area contributed by atoms with E-state index < -0.39 is 11.4 Å². The van der Waals surface area contributed by atoms with Gasteiger partial charge in [0.05, 0.1) is 11.4 Å². The van der Waals surface area contributed by atoms with Crippen molar-refractivity contribution in [2.24, 2.45) is 0 Å². The molecule has 0 saturated carbocycles. The van der Waals surface area contributed by atoms with Crippen molar-refractivity contribution in [3.63, 3.8) is 0 Å². The van der Waals surface area contributed by atoms with E-state index in [1.165, 1.54) is 0 Å². The predicted molar refractivity (Wildman–Crippen MR) is 78.5 cm³/mol. The summed E-state index contributed by atoms with van der Waals surface area (Å²) < 4.78 is 29.7. The molecule has 1 unspecified atom stereocenters. The fraction of sp³-hybridized carbons (Fsp3) is 0.133. The number of benzene rings is 2. The van der Waals surface area contributed by atoms with Gasteiger partial charge in [-0.25, -0.2) is 4.21 Å². The van der Waals surface area contributed by atoms with E-state index in [9.17, 15) is 4.79 Å². The van der Waals surface area contributed by atoms with E-state index >= 15 is 0 Å². The number of carbonyl (C=O) groups is 1. The summed E-state index contributed by atoms with van der Waals surface area (Å²) in [4.78, 5) is 10.3. The first-order chi connectivity index (χ1) is 10.1. The van der Waals surface area contributed by atoms with Crippen molar-refractivity contribution in [1.29, 1.82) is 0 Å². The number of aldehydes is 1. The van der Waals surface area contributed by atoms with Gasteiger partial charge in [-0.05, 0) is 23.3 Å². The minimum Gasteiger partial charge on any atom is -0.750 e. The van der Waals surface area contributed by atoms with E-state index in [4.69, 9.17) is 18.1 Å². The Balaban J connectivity index is 0.000000791. The van der Waals surface area contributed by atoms with Crippen LogP contribution < -0.4 is 34.3 Å². The Bertz CT molecular complexity index is 556. The maximum Gasteiger partial charge on any atom is 1.00 e. The topological polar surface area (TPSA) is 86.7 Å². The Kier molecular flexibility index (Phi) is 11.9. The first-order valence-electron chi connectivity index (χ1n) is 6.09. The van der Waals surface area contributed by atoms with Gasteiger partial charge in [0.15, 0.2) is 0 Å². The first-order valence-corrected chi connectivity index (χ1v) is 7.12. The number of rotatable bonds is 5. The predicted octanol–water partition coefficient (Wildman–Crippen LogP) is -0.650. The van der Waals surface area contributed by atoms with Crippen LogP contribution in [0.5, 0.6) is 5.75 Å². The van der Waals surface area contributed by atoms with Crippen LogP contribution in [0.4, 0.5) is 0 Å². The average molecular weight is 330 g/mol. The van der Waals surface area contributed by atoms with Gasteiger partial charge < -0.3 is 18.6 Å². The zero-order chi connectivity index (χ0) is 15.5. The molecule has 22 heavy (non-hydrogen) atoms. The maximum absolute atomic E-state index is 10.3. The minimum atomic E-state index is -2.86. The van der Waals surface area contributed by atoms with Crippen LogP contribution in [0.15, 0.2) is 54.6 Å². The monoisotopic (exact) mass is 330 g/mol. The SMILES string of the molecule is O=CCc1ccc(OCc2ccccc2)cc1.O=S([O-])O.[Na+]. The quantitative estimate of drug-likeness (QED) is 0.447. The van der Waals surface area contributed by atoms with Crippen LogP contribution in [0.25, 0.3) is 0 Å².